The molecule has 8 heteroatoms. The summed E-state index contributed by atoms with van der Waals surface area (Å²) in [6.45, 7) is 6.00. The number of hydrogen-bond donors (Lipinski definition) is 0. The fourth-order valence-electron chi connectivity index (χ4n) is 2.80. The summed E-state index contributed by atoms with van der Waals surface area (Å²) in [6, 6.07) is 5.46. The van der Waals surface area contributed by atoms with Crippen LogP contribution in [-0.2, 0) is 19.6 Å². The van der Waals surface area contributed by atoms with E-state index in [9.17, 15) is 18.0 Å². The Kier molecular flexibility index (Phi) is 6.05. The van der Waals surface area contributed by atoms with Crippen LogP contribution in [0.2, 0.25) is 0 Å². The van der Waals surface area contributed by atoms with E-state index >= 15 is 0 Å². The van der Waals surface area contributed by atoms with Crippen LogP contribution in [0.1, 0.15) is 17.5 Å². The molecule has 0 aromatic heterocycles. The average molecular weight is 367 g/mol. The van der Waals surface area contributed by atoms with E-state index in [4.69, 9.17) is 0 Å². The molecule has 1 saturated heterocycles. The van der Waals surface area contributed by atoms with Crippen molar-refractivity contribution in [3.8, 4) is 0 Å². The third kappa shape index (κ3) is 4.94. The van der Waals surface area contributed by atoms with Gasteiger partial charge in [-0.2, -0.15) is 0 Å². The molecule has 1 aromatic carbocycles. The maximum Gasteiger partial charge on any atom is 0.232 e. The summed E-state index contributed by atoms with van der Waals surface area (Å²) in [5.74, 6) is -0.0944. The maximum atomic E-state index is 12.4. The Morgan fingerprint density at radius 3 is 2.32 bits per heavy atom. The van der Waals surface area contributed by atoms with Crippen molar-refractivity contribution in [1.29, 1.82) is 0 Å². The number of carbonyl (C=O) groups excluding carboxylic acids is 2. The summed E-state index contributed by atoms with van der Waals surface area (Å²) >= 11 is 0. The molecule has 0 bridgehead atoms. The van der Waals surface area contributed by atoms with E-state index in [0.717, 1.165) is 23.8 Å². The second-order valence-electron chi connectivity index (χ2n) is 6.38. The van der Waals surface area contributed by atoms with E-state index in [2.05, 4.69) is 0 Å². The normalized spacial score (nSPS) is 15.2. The second kappa shape index (κ2) is 7.86. The molecule has 1 aromatic rings. The monoisotopic (exact) mass is 367 g/mol. The van der Waals surface area contributed by atoms with Crippen LogP contribution in [-0.4, -0.2) is 69.5 Å². The Balaban J connectivity index is 2.04. The van der Waals surface area contributed by atoms with Gasteiger partial charge in [-0.05, 0) is 37.1 Å². The second-order valence-corrected chi connectivity index (χ2v) is 8.28. The summed E-state index contributed by atoms with van der Waals surface area (Å²) in [7, 11) is -3.48. The number of benzene rings is 1. The van der Waals surface area contributed by atoms with E-state index < -0.39 is 10.0 Å². The van der Waals surface area contributed by atoms with Crippen LogP contribution in [0.25, 0.3) is 0 Å². The molecule has 25 heavy (non-hydrogen) atoms. The first-order valence-corrected chi connectivity index (χ1v) is 10.1. The number of nitrogens with zero attached hydrogens (tertiary/aromatic N) is 3. The zero-order valence-electron chi connectivity index (χ0n) is 14.9. The van der Waals surface area contributed by atoms with E-state index in [1.807, 2.05) is 26.0 Å². The summed E-state index contributed by atoms with van der Waals surface area (Å²) in [5, 5.41) is 0. The van der Waals surface area contributed by atoms with Crippen LogP contribution < -0.4 is 4.31 Å². The highest BCUT2D eigenvalue weighted by Crippen LogP contribution is 2.21. The molecule has 7 nitrogen and oxygen atoms in total. The summed E-state index contributed by atoms with van der Waals surface area (Å²) in [4.78, 5) is 26.4. The molecule has 2 rings (SSSR count). The van der Waals surface area contributed by atoms with Crippen LogP contribution in [0.3, 0.4) is 0 Å². The number of piperazine rings is 1. The number of rotatable bonds is 6. The molecule has 138 valence electrons. The summed E-state index contributed by atoms with van der Waals surface area (Å²) in [5.41, 5.74) is 2.66. The van der Waals surface area contributed by atoms with Crippen molar-refractivity contribution in [3.63, 3.8) is 0 Å². The van der Waals surface area contributed by atoms with E-state index in [1.165, 1.54) is 4.31 Å². The van der Waals surface area contributed by atoms with Crippen LogP contribution in [0.5, 0.6) is 0 Å². The Bertz CT molecular complexity index is 740. The molecule has 0 atom stereocenters. The van der Waals surface area contributed by atoms with E-state index in [1.54, 1.807) is 15.9 Å². The zero-order valence-corrected chi connectivity index (χ0v) is 15.8. The number of aryl methyl sites for hydroxylation is 2. The molecule has 0 aliphatic carbocycles. The van der Waals surface area contributed by atoms with Crippen LogP contribution in [0, 0.1) is 13.8 Å². The van der Waals surface area contributed by atoms with E-state index in [-0.39, 0.29) is 18.9 Å². The first kappa shape index (κ1) is 19.2. The molecule has 0 radical (unpaired) electrons. The van der Waals surface area contributed by atoms with Gasteiger partial charge in [0.25, 0.3) is 0 Å². The number of amides is 2. The number of carbonyl (C=O) groups is 2. The molecule has 2 amide bonds. The lowest BCUT2D eigenvalue weighted by Gasteiger charge is -2.33. The lowest BCUT2D eigenvalue weighted by molar-refractivity contribution is -0.134. The maximum absolute atomic E-state index is 12.4. The van der Waals surface area contributed by atoms with Gasteiger partial charge in [0.05, 0.1) is 11.9 Å². The highest BCUT2D eigenvalue weighted by Gasteiger charge is 2.23. The summed E-state index contributed by atoms with van der Waals surface area (Å²) in [6.07, 6.45) is 2.05. The molecule has 1 heterocycles. The number of sulfonamides is 1. The Hall–Kier alpha value is -2.09. The standard InChI is InChI=1S/C17H25N3O4S/c1-14-4-5-16(12-15(14)2)20(25(3,23)24)7-6-17(22)19-10-8-18(13-21)9-11-19/h4-5,12-13H,6-11H2,1-3H3. The molecule has 1 aliphatic heterocycles. The average Bonchev–Trinajstić information content (AvgIpc) is 2.57. The van der Waals surface area contributed by atoms with Gasteiger partial charge in [0.1, 0.15) is 0 Å². The van der Waals surface area contributed by atoms with Crippen molar-refractivity contribution in [2.75, 3.05) is 43.3 Å². The van der Waals surface area contributed by atoms with E-state index in [0.29, 0.717) is 31.9 Å². The minimum atomic E-state index is -3.48. The molecule has 0 unspecified atom stereocenters. The molecule has 0 spiro atoms. The van der Waals surface area contributed by atoms with Gasteiger partial charge in [0.15, 0.2) is 0 Å². The first-order chi connectivity index (χ1) is 11.7. The van der Waals surface area contributed by atoms with Crippen LogP contribution in [0.4, 0.5) is 5.69 Å². The lowest BCUT2D eigenvalue weighted by atomic mass is 10.1. The molecule has 0 N–H and O–H groups in total. The minimum Gasteiger partial charge on any atom is -0.342 e. The predicted octanol–water partition coefficient (Wildman–Crippen LogP) is 0.760. The lowest BCUT2D eigenvalue weighted by Crippen LogP contribution is -2.48. The predicted molar refractivity (Wildman–Crippen MR) is 96.9 cm³/mol. The van der Waals surface area contributed by atoms with Gasteiger partial charge >= 0.3 is 0 Å². The Morgan fingerprint density at radius 1 is 1.16 bits per heavy atom. The Labute approximate surface area is 149 Å². The molecule has 1 fully saturated rings. The van der Waals surface area contributed by atoms with Gasteiger partial charge in [0, 0.05) is 39.1 Å². The van der Waals surface area contributed by atoms with Crippen molar-refractivity contribution in [3.05, 3.63) is 29.3 Å². The SMILES string of the molecule is Cc1ccc(N(CCC(=O)N2CCN(C=O)CC2)S(C)(=O)=O)cc1C. The topological polar surface area (TPSA) is 78.0 Å². The van der Waals surface area contributed by atoms with Crippen LogP contribution >= 0.6 is 0 Å². The van der Waals surface area contributed by atoms with Gasteiger partial charge in [-0.3, -0.25) is 13.9 Å². The quantitative estimate of drug-likeness (QED) is 0.696. The van der Waals surface area contributed by atoms with Crippen molar-refractivity contribution in [2.24, 2.45) is 0 Å². The molecular weight excluding hydrogens is 342 g/mol. The number of hydrogen-bond acceptors (Lipinski definition) is 4. The molecule has 1 aliphatic rings. The van der Waals surface area contributed by atoms with Crippen molar-refractivity contribution in [1.82, 2.24) is 9.80 Å². The third-order valence-electron chi connectivity index (χ3n) is 4.52. The van der Waals surface area contributed by atoms with Crippen molar-refractivity contribution < 1.29 is 18.0 Å². The largest absolute Gasteiger partial charge is 0.342 e. The molecular formula is C17H25N3O4S. The minimum absolute atomic E-state index is 0.0944. The number of anilines is 1. The highest BCUT2D eigenvalue weighted by atomic mass is 32.2. The third-order valence-corrected chi connectivity index (χ3v) is 5.72. The van der Waals surface area contributed by atoms with Crippen molar-refractivity contribution >= 4 is 28.0 Å². The zero-order chi connectivity index (χ0) is 18.6. The Morgan fingerprint density at radius 2 is 1.80 bits per heavy atom. The van der Waals surface area contributed by atoms with Gasteiger partial charge in [-0.25, -0.2) is 8.42 Å². The highest BCUT2D eigenvalue weighted by molar-refractivity contribution is 7.92. The van der Waals surface area contributed by atoms with Gasteiger partial charge in [-0.1, -0.05) is 6.07 Å². The summed E-state index contributed by atoms with van der Waals surface area (Å²) < 4.78 is 25.6. The van der Waals surface area contributed by atoms with Gasteiger partial charge in [-0.15, -0.1) is 0 Å². The molecule has 0 saturated carbocycles. The van der Waals surface area contributed by atoms with Crippen LogP contribution in [0.15, 0.2) is 18.2 Å². The van der Waals surface area contributed by atoms with Gasteiger partial charge in [0.2, 0.25) is 22.3 Å². The smallest absolute Gasteiger partial charge is 0.232 e. The fraction of sp³-hybridized carbons (Fsp3) is 0.529. The fourth-order valence-corrected chi connectivity index (χ4v) is 3.72. The van der Waals surface area contributed by atoms with Gasteiger partial charge < -0.3 is 9.80 Å². The van der Waals surface area contributed by atoms with Crippen molar-refractivity contribution in [2.45, 2.75) is 20.3 Å². The first-order valence-electron chi connectivity index (χ1n) is 8.24.